The van der Waals surface area contributed by atoms with Crippen LogP contribution in [0.5, 0.6) is 0 Å². The van der Waals surface area contributed by atoms with Crippen molar-refractivity contribution >= 4 is 17.9 Å². The van der Waals surface area contributed by atoms with Crippen LogP contribution in [-0.2, 0) is 14.4 Å². The van der Waals surface area contributed by atoms with Gasteiger partial charge in [0.1, 0.15) is 6.04 Å². The van der Waals surface area contributed by atoms with Crippen LogP contribution in [-0.4, -0.2) is 50.7 Å². The standard InChI is InChI=1S/C20H35NO6/c1-5-9-10-11-12-13-14-21(15(6-2)18(22)23,16(7-3)19(24)25)17(8-4)20(26)27/h13-17H,5-12H2,1-4H3,(H2-,22,23,24,25,26,27)/b14-13+. The summed E-state index contributed by atoms with van der Waals surface area (Å²) in [5.41, 5.74) is 0. The molecule has 0 aromatic heterocycles. The number of carboxylic acid groups (broad SMARTS) is 3. The molecule has 27 heavy (non-hydrogen) atoms. The molecule has 0 aromatic carbocycles. The molecule has 0 amide bonds. The number of hydrogen-bond acceptors (Lipinski definition) is 4. The number of aliphatic carboxylic acids is 3. The summed E-state index contributed by atoms with van der Waals surface area (Å²) in [5, 5.41) is 31.4. The van der Waals surface area contributed by atoms with Crippen molar-refractivity contribution in [3.05, 3.63) is 12.3 Å². The average molecular weight is 386 g/mol. The number of carbonyl (C=O) groups excluding carboxylic acids is 1. The third kappa shape index (κ3) is 6.34. The summed E-state index contributed by atoms with van der Waals surface area (Å²) in [7, 11) is 0. The van der Waals surface area contributed by atoms with Gasteiger partial charge in [0, 0.05) is 19.3 Å². The van der Waals surface area contributed by atoms with Crippen LogP contribution >= 0.6 is 0 Å². The van der Waals surface area contributed by atoms with Gasteiger partial charge in [0.25, 0.3) is 0 Å². The first-order valence-corrected chi connectivity index (χ1v) is 9.96. The van der Waals surface area contributed by atoms with E-state index in [4.69, 9.17) is 0 Å². The number of nitrogens with zero attached hydrogens (tertiary/aromatic N) is 1. The minimum absolute atomic E-state index is 0.0794. The van der Waals surface area contributed by atoms with E-state index in [2.05, 4.69) is 6.92 Å². The van der Waals surface area contributed by atoms with Gasteiger partial charge in [-0.1, -0.05) is 47.0 Å². The van der Waals surface area contributed by atoms with Crippen LogP contribution < -0.4 is 5.11 Å². The molecule has 2 N–H and O–H groups in total. The number of carbonyl (C=O) groups is 3. The van der Waals surface area contributed by atoms with E-state index in [1.54, 1.807) is 26.8 Å². The Hall–Kier alpha value is -1.89. The molecule has 0 fully saturated rings. The second-order valence-electron chi connectivity index (χ2n) is 6.90. The molecule has 3 atom stereocenters. The Bertz CT molecular complexity index is 462. The highest BCUT2D eigenvalue weighted by Crippen LogP contribution is 2.32. The van der Waals surface area contributed by atoms with Crippen molar-refractivity contribution in [3.8, 4) is 0 Å². The van der Waals surface area contributed by atoms with Crippen molar-refractivity contribution in [2.45, 2.75) is 97.2 Å². The van der Waals surface area contributed by atoms with Crippen LogP contribution in [0.25, 0.3) is 0 Å². The largest absolute Gasteiger partial charge is 0.544 e. The van der Waals surface area contributed by atoms with E-state index in [-0.39, 0.29) is 19.3 Å². The predicted octanol–water partition coefficient (Wildman–Crippen LogP) is 2.54. The van der Waals surface area contributed by atoms with E-state index in [1.165, 1.54) is 6.20 Å². The quantitative estimate of drug-likeness (QED) is 0.331. The van der Waals surface area contributed by atoms with Gasteiger partial charge < -0.3 is 20.1 Å². The summed E-state index contributed by atoms with van der Waals surface area (Å²) in [6, 6.07) is -3.61. The minimum Gasteiger partial charge on any atom is -0.544 e. The van der Waals surface area contributed by atoms with E-state index in [9.17, 15) is 29.7 Å². The van der Waals surface area contributed by atoms with Gasteiger partial charge in [0.2, 0.25) is 0 Å². The van der Waals surface area contributed by atoms with Crippen molar-refractivity contribution in [3.63, 3.8) is 0 Å². The first-order chi connectivity index (χ1) is 12.7. The van der Waals surface area contributed by atoms with Gasteiger partial charge in [-0.05, 0) is 18.9 Å². The van der Waals surface area contributed by atoms with E-state index in [0.29, 0.717) is 6.42 Å². The van der Waals surface area contributed by atoms with E-state index in [0.717, 1.165) is 25.7 Å². The highest BCUT2D eigenvalue weighted by Gasteiger charge is 2.53. The van der Waals surface area contributed by atoms with Gasteiger partial charge >= 0.3 is 11.9 Å². The second-order valence-corrected chi connectivity index (χ2v) is 6.90. The lowest BCUT2D eigenvalue weighted by Crippen LogP contribution is -2.70. The van der Waals surface area contributed by atoms with Crippen LogP contribution in [0.2, 0.25) is 0 Å². The summed E-state index contributed by atoms with van der Waals surface area (Å²) in [5.74, 6) is -3.83. The molecule has 0 spiro atoms. The van der Waals surface area contributed by atoms with Gasteiger partial charge in [0.15, 0.2) is 12.1 Å². The summed E-state index contributed by atoms with van der Waals surface area (Å²) in [6.07, 6.45) is 8.30. The third-order valence-corrected chi connectivity index (χ3v) is 5.21. The molecule has 0 aliphatic carbocycles. The zero-order chi connectivity index (χ0) is 21.0. The molecule has 0 aliphatic rings. The lowest BCUT2D eigenvalue weighted by molar-refractivity contribution is -0.929. The number of unbranched alkanes of at least 4 members (excludes halogenated alkanes) is 4. The molecule has 7 heteroatoms. The molecule has 3 unspecified atom stereocenters. The Morgan fingerprint density at radius 2 is 1.33 bits per heavy atom. The SMILES string of the molecule is CCCCCC/C=C/[N+](C(CC)C(=O)[O-])(C(CC)C(=O)O)C(CC)C(=O)O. The van der Waals surface area contributed by atoms with Crippen molar-refractivity contribution < 1.29 is 34.2 Å². The molecule has 0 heterocycles. The summed E-state index contributed by atoms with van der Waals surface area (Å²) >= 11 is 0. The molecule has 0 aliphatic heterocycles. The predicted molar refractivity (Wildman–Crippen MR) is 101 cm³/mol. The molecule has 7 nitrogen and oxygen atoms in total. The number of carboxylic acids is 3. The average Bonchev–Trinajstić information content (AvgIpc) is 2.58. The van der Waals surface area contributed by atoms with Crippen LogP contribution in [0, 0.1) is 0 Å². The van der Waals surface area contributed by atoms with Crippen molar-refractivity contribution in [1.82, 2.24) is 0 Å². The monoisotopic (exact) mass is 385 g/mol. The molecule has 0 saturated heterocycles. The van der Waals surface area contributed by atoms with Crippen LogP contribution in [0.1, 0.15) is 79.1 Å². The maximum Gasteiger partial charge on any atom is 0.362 e. The Morgan fingerprint density at radius 1 is 0.852 bits per heavy atom. The van der Waals surface area contributed by atoms with E-state index in [1.807, 2.05) is 0 Å². The van der Waals surface area contributed by atoms with Crippen LogP contribution in [0.4, 0.5) is 0 Å². The van der Waals surface area contributed by atoms with Gasteiger partial charge in [-0.2, -0.15) is 0 Å². The van der Waals surface area contributed by atoms with E-state index < -0.39 is 40.5 Å². The fourth-order valence-corrected chi connectivity index (χ4v) is 3.94. The van der Waals surface area contributed by atoms with Crippen LogP contribution in [0.3, 0.4) is 0 Å². The molecule has 0 aromatic rings. The molecular weight excluding hydrogens is 350 g/mol. The summed E-state index contributed by atoms with van der Waals surface area (Å²) < 4.78 is -0.649. The molecular formula is C20H35NO6. The van der Waals surface area contributed by atoms with E-state index >= 15 is 0 Å². The molecule has 0 rings (SSSR count). The number of rotatable bonds is 15. The zero-order valence-corrected chi connectivity index (χ0v) is 17.0. The topological polar surface area (TPSA) is 115 Å². The molecule has 156 valence electrons. The lowest BCUT2D eigenvalue weighted by atomic mass is 9.95. The lowest BCUT2D eigenvalue weighted by Gasteiger charge is -2.48. The Kier molecular flexibility index (Phi) is 11.6. The van der Waals surface area contributed by atoms with Gasteiger partial charge in [-0.15, -0.1) is 0 Å². The molecule has 0 saturated carbocycles. The van der Waals surface area contributed by atoms with Crippen molar-refractivity contribution in [2.75, 3.05) is 0 Å². The smallest absolute Gasteiger partial charge is 0.362 e. The summed E-state index contributed by atoms with van der Waals surface area (Å²) in [4.78, 5) is 35.9. The van der Waals surface area contributed by atoms with Crippen molar-refractivity contribution in [2.24, 2.45) is 0 Å². The maximum atomic E-state index is 12.0. The first-order valence-electron chi connectivity index (χ1n) is 9.96. The number of allylic oxidation sites excluding steroid dienone is 1. The highest BCUT2D eigenvalue weighted by molar-refractivity contribution is 5.77. The first kappa shape index (κ1) is 25.1. The second kappa shape index (κ2) is 12.5. The molecule has 0 bridgehead atoms. The Balaban J connectivity index is 6.29. The minimum atomic E-state index is -1.42. The molecule has 0 radical (unpaired) electrons. The number of quaternary nitrogens is 1. The fraction of sp³-hybridized carbons (Fsp3) is 0.750. The van der Waals surface area contributed by atoms with Gasteiger partial charge in [-0.3, -0.25) is 4.48 Å². The van der Waals surface area contributed by atoms with Gasteiger partial charge in [-0.25, -0.2) is 9.59 Å². The normalized spacial score (nSPS) is 17.2. The Morgan fingerprint density at radius 3 is 1.67 bits per heavy atom. The Labute approximate surface area is 162 Å². The zero-order valence-electron chi connectivity index (χ0n) is 17.0. The number of hydrogen-bond donors (Lipinski definition) is 2. The van der Waals surface area contributed by atoms with Crippen molar-refractivity contribution in [1.29, 1.82) is 0 Å². The third-order valence-electron chi connectivity index (χ3n) is 5.21. The highest BCUT2D eigenvalue weighted by atomic mass is 16.4. The van der Waals surface area contributed by atoms with Gasteiger partial charge in [0.05, 0.1) is 12.2 Å². The fourth-order valence-electron chi connectivity index (χ4n) is 3.94. The van der Waals surface area contributed by atoms with Crippen LogP contribution in [0.15, 0.2) is 12.3 Å². The maximum absolute atomic E-state index is 12.0. The summed E-state index contributed by atoms with van der Waals surface area (Å²) in [6.45, 7) is 6.99.